The number of nitrogens with zero attached hydrogens (tertiary/aromatic N) is 6. The molecule has 0 unspecified atom stereocenters. The lowest BCUT2D eigenvalue weighted by Gasteiger charge is -2.36. The van der Waals surface area contributed by atoms with Gasteiger partial charge < -0.3 is 20.7 Å². The van der Waals surface area contributed by atoms with E-state index in [1.165, 1.54) is 11.2 Å². The minimum atomic E-state index is -1.25. The maximum absolute atomic E-state index is 14.6. The number of piperidine rings is 1. The minimum absolute atomic E-state index is 0.0491. The first kappa shape index (κ1) is 25.3. The first-order valence-electron chi connectivity index (χ1n) is 11.8. The summed E-state index contributed by atoms with van der Waals surface area (Å²) < 4.78 is 21.9. The third-order valence-electron chi connectivity index (χ3n) is 5.93. The summed E-state index contributed by atoms with van der Waals surface area (Å²) in [6.45, 7) is 10.0. The molecule has 2 atom stereocenters. The molecule has 1 fully saturated rings. The van der Waals surface area contributed by atoms with E-state index in [0.717, 1.165) is 11.3 Å². The topological polar surface area (TPSA) is 141 Å². The van der Waals surface area contributed by atoms with E-state index in [-0.39, 0.29) is 30.6 Å². The number of hydrogen-bond donors (Lipinski definition) is 2. The van der Waals surface area contributed by atoms with Crippen molar-refractivity contribution >= 4 is 28.9 Å². The predicted molar refractivity (Wildman–Crippen MR) is 132 cm³/mol. The summed E-state index contributed by atoms with van der Waals surface area (Å²) in [5.74, 6) is -0.348. The van der Waals surface area contributed by atoms with Gasteiger partial charge in [0.05, 0.1) is 24.0 Å². The lowest BCUT2D eigenvalue weighted by Crippen LogP contribution is -2.51. The van der Waals surface area contributed by atoms with E-state index in [1.54, 1.807) is 33.0 Å². The number of halogens is 1. The first-order chi connectivity index (χ1) is 17.0. The van der Waals surface area contributed by atoms with Crippen LogP contribution in [0.5, 0.6) is 0 Å². The Bertz CT molecular complexity index is 1300. The molecule has 3 aromatic heterocycles. The first-order valence-corrected chi connectivity index (χ1v) is 11.8. The molecule has 36 heavy (non-hydrogen) atoms. The van der Waals surface area contributed by atoms with Gasteiger partial charge in [-0.25, -0.2) is 24.1 Å². The van der Waals surface area contributed by atoms with Crippen molar-refractivity contribution < 1.29 is 18.7 Å². The van der Waals surface area contributed by atoms with Gasteiger partial charge >= 0.3 is 6.09 Å². The summed E-state index contributed by atoms with van der Waals surface area (Å²) in [6.07, 6.45) is 1.31. The van der Waals surface area contributed by atoms with Gasteiger partial charge in [-0.05, 0) is 40.7 Å². The third kappa shape index (κ3) is 5.21. The number of aryl methyl sites for hydroxylation is 1. The van der Waals surface area contributed by atoms with Gasteiger partial charge in [0, 0.05) is 36.8 Å². The van der Waals surface area contributed by atoms with E-state index in [0.29, 0.717) is 23.6 Å². The third-order valence-corrected chi connectivity index (χ3v) is 5.93. The van der Waals surface area contributed by atoms with E-state index in [2.05, 4.69) is 20.4 Å². The molecule has 0 saturated carbocycles. The number of primary amides is 1. The molecule has 4 rings (SSSR count). The number of rotatable bonds is 5. The highest BCUT2D eigenvalue weighted by Gasteiger charge is 2.33. The Hall–Kier alpha value is -3.83. The number of fused-ring (bicyclic) bond motifs is 1. The Morgan fingerprint density at radius 1 is 1.25 bits per heavy atom. The molecule has 2 amide bonds. The number of ether oxygens (including phenoxy) is 1. The molecule has 4 heterocycles. The normalized spacial score (nSPS) is 18.3. The van der Waals surface area contributed by atoms with Crippen LogP contribution >= 0.6 is 0 Å². The lowest BCUT2D eigenvalue weighted by atomic mass is 10.0. The van der Waals surface area contributed by atoms with Crippen molar-refractivity contribution in [1.29, 1.82) is 0 Å². The number of likely N-dealkylation sites (tertiary alicyclic amines) is 1. The van der Waals surface area contributed by atoms with Crippen LogP contribution in [0.1, 0.15) is 50.2 Å². The molecule has 0 aliphatic carbocycles. The Morgan fingerprint density at radius 3 is 2.64 bits per heavy atom. The number of nitrogens with two attached hydrogens (primary N) is 1. The molecule has 0 spiro atoms. The number of pyridine rings is 1. The fraction of sp³-hybridized carbons (Fsp3) is 0.500. The van der Waals surface area contributed by atoms with Crippen molar-refractivity contribution in [3.05, 3.63) is 29.8 Å². The smallest absolute Gasteiger partial charge is 0.410 e. The number of alkyl halides is 1. The number of carbonyl (C=O) groups excluding carboxylic acids is 2. The zero-order chi connectivity index (χ0) is 26.2. The molecule has 3 aromatic rings. The maximum Gasteiger partial charge on any atom is 0.410 e. The predicted octanol–water partition coefficient (Wildman–Crippen LogP) is 3.07. The SMILES string of the molecule is CCn1ncc(-c2cc(C(N)=O)c3ncnc(N[C@H]4C[C@H](F)CN(C(=O)OC(C)(C)C)C4)c3n2)c1C. The molecule has 192 valence electrons. The van der Waals surface area contributed by atoms with E-state index in [1.807, 2.05) is 18.5 Å². The maximum atomic E-state index is 14.6. The number of carbonyl (C=O) groups is 2. The van der Waals surface area contributed by atoms with Crippen LogP contribution in [0.25, 0.3) is 22.3 Å². The van der Waals surface area contributed by atoms with Crippen molar-refractivity contribution in [1.82, 2.24) is 29.6 Å². The highest BCUT2D eigenvalue weighted by molar-refractivity contribution is 6.06. The Morgan fingerprint density at radius 2 is 2.00 bits per heavy atom. The van der Waals surface area contributed by atoms with Crippen LogP contribution in [-0.4, -0.2) is 72.5 Å². The van der Waals surface area contributed by atoms with Crippen molar-refractivity contribution in [2.45, 2.75) is 65.4 Å². The van der Waals surface area contributed by atoms with Crippen LogP contribution in [0.4, 0.5) is 15.0 Å². The lowest BCUT2D eigenvalue weighted by molar-refractivity contribution is 0.0124. The van der Waals surface area contributed by atoms with Gasteiger partial charge in [0.25, 0.3) is 5.91 Å². The van der Waals surface area contributed by atoms with Gasteiger partial charge in [-0.3, -0.25) is 9.48 Å². The number of amides is 2. The van der Waals surface area contributed by atoms with E-state index in [9.17, 15) is 14.0 Å². The number of hydrogen-bond acceptors (Lipinski definition) is 8. The quantitative estimate of drug-likeness (QED) is 0.547. The molecule has 1 aliphatic heterocycles. The van der Waals surface area contributed by atoms with E-state index in [4.69, 9.17) is 15.5 Å². The molecule has 0 aromatic carbocycles. The summed E-state index contributed by atoms with van der Waals surface area (Å²) in [5.41, 5.74) is 7.88. The monoisotopic (exact) mass is 498 g/mol. The molecule has 0 bridgehead atoms. The van der Waals surface area contributed by atoms with Crippen LogP contribution in [0, 0.1) is 6.92 Å². The number of anilines is 1. The van der Waals surface area contributed by atoms with Gasteiger partial charge in [-0.15, -0.1) is 0 Å². The van der Waals surface area contributed by atoms with Crippen molar-refractivity contribution in [2.24, 2.45) is 5.73 Å². The second kappa shape index (κ2) is 9.67. The van der Waals surface area contributed by atoms with Gasteiger partial charge in [-0.1, -0.05) is 0 Å². The fourth-order valence-corrected chi connectivity index (χ4v) is 4.30. The van der Waals surface area contributed by atoms with Crippen molar-refractivity contribution in [3.63, 3.8) is 0 Å². The fourth-order valence-electron chi connectivity index (χ4n) is 4.30. The molecular formula is C24H31FN8O3. The van der Waals surface area contributed by atoms with Crippen LogP contribution < -0.4 is 11.1 Å². The van der Waals surface area contributed by atoms with Crippen LogP contribution in [0.3, 0.4) is 0 Å². The van der Waals surface area contributed by atoms with Crippen LogP contribution in [0.2, 0.25) is 0 Å². The van der Waals surface area contributed by atoms with Gasteiger partial charge in [0.2, 0.25) is 0 Å². The summed E-state index contributed by atoms with van der Waals surface area (Å²) in [4.78, 5) is 39.5. The van der Waals surface area contributed by atoms with Gasteiger partial charge in [0.15, 0.2) is 5.82 Å². The summed E-state index contributed by atoms with van der Waals surface area (Å²) in [5, 5.41) is 7.56. The van der Waals surface area contributed by atoms with Gasteiger partial charge in [0.1, 0.15) is 29.1 Å². The molecule has 3 N–H and O–H groups in total. The van der Waals surface area contributed by atoms with E-state index < -0.39 is 29.8 Å². The second-order valence-electron chi connectivity index (χ2n) is 9.86. The number of aromatic nitrogens is 5. The largest absolute Gasteiger partial charge is 0.444 e. The van der Waals surface area contributed by atoms with Crippen LogP contribution in [-0.2, 0) is 11.3 Å². The Kier molecular flexibility index (Phi) is 6.79. The molecule has 12 heteroatoms. The molecule has 1 aliphatic rings. The molecular weight excluding hydrogens is 467 g/mol. The molecule has 11 nitrogen and oxygen atoms in total. The van der Waals surface area contributed by atoms with Gasteiger partial charge in [-0.2, -0.15) is 5.10 Å². The Balaban J connectivity index is 1.71. The highest BCUT2D eigenvalue weighted by atomic mass is 19.1. The minimum Gasteiger partial charge on any atom is -0.444 e. The van der Waals surface area contributed by atoms with Crippen molar-refractivity contribution in [2.75, 3.05) is 18.4 Å². The summed E-state index contributed by atoms with van der Waals surface area (Å²) >= 11 is 0. The zero-order valence-electron chi connectivity index (χ0n) is 21.1. The molecule has 0 radical (unpaired) electrons. The van der Waals surface area contributed by atoms with Crippen molar-refractivity contribution in [3.8, 4) is 11.3 Å². The average molecular weight is 499 g/mol. The zero-order valence-corrected chi connectivity index (χ0v) is 21.1. The molecule has 1 saturated heterocycles. The van der Waals surface area contributed by atoms with Crippen LogP contribution in [0.15, 0.2) is 18.6 Å². The number of nitrogens with one attached hydrogen (secondary N) is 1. The average Bonchev–Trinajstić information content (AvgIpc) is 3.17. The Labute approximate surface area is 208 Å². The standard InChI is InChI=1S/C24H31FN8O3/c1-6-33-13(2)17(9-29-33)18-8-16(21(26)34)19-20(31-18)22(28-12-27-19)30-15-7-14(25)10-32(11-15)23(35)36-24(3,4)5/h8-9,12,14-15H,6-7,10-11H2,1-5H3,(H2,26,34)(H,27,28,30)/t14-,15-/m0/s1. The summed E-state index contributed by atoms with van der Waals surface area (Å²) in [6, 6.07) is 1.12. The van der Waals surface area contributed by atoms with E-state index >= 15 is 0 Å². The second-order valence-corrected chi connectivity index (χ2v) is 9.86. The highest BCUT2D eigenvalue weighted by Crippen LogP contribution is 2.29. The summed E-state index contributed by atoms with van der Waals surface area (Å²) in [7, 11) is 0.